The summed E-state index contributed by atoms with van der Waals surface area (Å²) in [5.74, 6) is 0. The molecule has 0 aliphatic heterocycles. The van der Waals surface area contributed by atoms with Gasteiger partial charge >= 0.3 is 0 Å². The monoisotopic (exact) mass is 249 g/mol. The number of ether oxygens (including phenoxy) is 2. The van der Waals surface area contributed by atoms with Crippen LogP contribution < -0.4 is 5.73 Å². The van der Waals surface area contributed by atoms with Crippen molar-refractivity contribution in [1.82, 2.24) is 0 Å². The van der Waals surface area contributed by atoms with Gasteiger partial charge in [0.2, 0.25) is 0 Å². The smallest absolute Gasteiger partial charge is 0.0700 e. The Labute approximate surface area is 109 Å². The Morgan fingerprint density at radius 3 is 2.83 bits per heavy atom. The van der Waals surface area contributed by atoms with Crippen molar-refractivity contribution in [2.75, 3.05) is 33.5 Å². The molecule has 0 spiro atoms. The quantitative estimate of drug-likeness (QED) is 0.750. The number of methoxy groups -OCH3 is 1. The fourth-order valence-electron chi connectivity index (χ4n) is 2.85. The normalized spacial score (nSPS) is 22.1. The molecule has 0 saturated heterocycles. The predicted octanol–water partition coefficient (Wildman–Crippen LogP) is 1.88. The summed E-state index contributed by atoms with van der Waals surface area (Å²) in [4.78, 5) is 0. The number of benzene rings is 1. The Balaban J connectivity index is 1.96. The highest BCUT2D eigenvalue weighted by atomic mass is 16.5. The summed E-state index contributed by atoms with van der Waals surface area (Å²) in [6, 6.07) is 8.67. The first kappa shape index (κ1) is 13.5. The standard InChI is InChI=1S/C15H23NO2/c1-17-10-11-18-9-8-15(12-16)7-6-13-4-2-3-5-14(13)15/h2-5H,6-12,16H2,1H3. The number of nitrogens with two attached hydrogens (primary N) is 1. The van der Waals surface area contributed by atoms with E-state index in [1.165, 1.54) is 11.1 Å². The maximum absolute atomic E-state index is 6.04. The van der Waals surface area contributed by atoms with Crippen LogP contribution in [0.15, 0.2) is 24.3 Å². The molecule has 0 heterocycles. The van der Waals surface area contributed by atoms with Crippen molar-refractivity contribution >= 4 is 0 Å². The van der Waals surface area contributed by atoms with Crippen LogP contribution in [-0.2, 0) is 21.3 Å². The lowest BCUT2D eigenvalue weighted by Gasteiger charge is -2.28. The molecule has 18 heavy (non-hydrogen) atoms. The molecule has 2 N–H and O–H groups in total. The van der Waals surface area contributed by atoms with E-state index < -0.39 is 0 Å². The predicted molar refractivity (Wildman–Crippen MR) is 72.8 cm³/mol. The summed E-state index contributed by atoms with van der Waals surface area (Å²) < 4.78 is 10.6. The van der Waals surface area contributed by atoms with Crippen LogP contribution in [0.25, 0.3) is 0 Å². The highest BCUT2D eigenvalue weighted by Gasteiger charge is 2.36. The van der Waals surface area contributed by atoms with Crippen molar-refractivity contribution in [3.63, 3.8) is 0 Å². The van der Waals surface area contributed by atoms with Gasteiger partial charge in [-0.3, -0.25) is 0 Å². The van der Waals surface area contributed by atoms with E-state index in [1.54, 1.807) is 7.11 Å². The summed E-state index contributed by atoms with van der Waals surface area (Å²) in [5.41, 5.74) is 9.06. The second-order valence-corrected chi connectivity index (χ2v) is 5.00. The zero-order valence-corrected chi connectivity index (χ0v) is 11.2. The Kier molecular flexibility index (Phi) is 4.75. The van der Waals surface area contributed by atoms with Crippen LogP contribution in [0.2, 0.25) is 0 Å². The Morgan fingerprint density at radius 1 is 1.22 bits per heavy atom. The second kappa shape index (κ2) is 6.32. The maximum atomic E-state index is 6.04. The van der Waals surface area contributed by atoms with Gasteiger partial charge in [-0.05, 0) is 30.4 Å². The van der Waals surface area contributed by atoms with Crippen LogP contribution in [0.3, 0.4) is 0 Å². The third kappa shape index (κ3) is 2.74. The minimum absolute atomic E-state index is 0.129. The third-order valence-electron chi connectivity index (χ3n) is 4.01. The molecule has 0 fully saturated rings. The van der Waals surface area contributed by atoms with E-state index in [9.17, 15) is 0 Å². The molecule has 1 aromatic carbocycles. The molecule has 1 atom stereocenters. The highest BCUT2D eigenvalue weighted by molar-refractivity contribution is 5.39. The molecule has 0 radical (unpaired) electrons. The first-order valence-electron chi connectivity index (χ1n) is 6.67. The Bertz CT molecular complexity index is 381. The van der Waals surface area contributed by atoms with Crippen molar-refractivity contribution in [1.29, 1.82) is 0 Å². The molecule has 1 aliphatic carbocycles. The van der Waals surface area contributed by atoms with Crippen LogP contribution in [0, 0.1) is 0 Å². The third-order valence-corrected chi connectivity index (χ3v) is 4.01. The van der Waals surface area contributed by atoms with Crippen molar-refractivity contribution in [3.8, 4) is 0 Å². The minimum Gasteiger partial charge on any atom is -0.382 e. The summed E-state index contributed by atoms with van der Waals surface area (Å²) in [5, 5.41) is 0. The molecular weight excluding hydrogens is 226 g/mol. The Morgan fingerprint density at radius 2 is 2.06 bits per heavy atom. The lowest BCUT2D eigenvalue weighted by atomic mass is 9.79. The van der Waals surface area contributed by atoms with Gasteiger partial charge in [0.25, 0.3) is 0 Å². The van der Waals surface area contributed by atoms with E-state index >= 15 is 0 Å². The van der Waals surface area contributed by atoms with Gasteiger partial charge in [0.1, 0.15) is 0 Å². The number of hydrogen-bond donors (Lipinski definition) is 1. The van der Waals surface area contributed by atoms with Crippen molar-refractivity contribution in [2.24, 2.45) is 5.73 Å². The fraction of sp³-hybridized carbons (Fsp3) is 0.600. The molecule has 3 nitrogen and oxygen atoms in total. The minimum atomic E-state index is 0.129. The molecule has 3 heteroatoms. The van der Waals surface area contributed by atoms with Gasteiger partial charge in [-0.25, -0.2) is 0 Å². The SMILES string of the molecule is COCCOCCC1(CN)CCc2ccccc21. The summed E-state index contributed by atoms with van der Waals surface area (Å²) in [6.07, 6.45) is 3.30. The average molecular weight is 249 g/mol. The van der Waals surface area contributed by atoms with E-state index in [0.717, 1.165) is 25.9 Å². The lowest BCUT2D eigenvalue weighted by molar-refractivity contribution is 0.0610. The summed E-state index contributed by atoms with van der Waals surface area (Å²) in [6.45, 7) is 2.79. The first-order valence-corrected chi connectivity index (χ1v) is 6.67. The first-order chi connectivity index (χ1) is 8.82. The molecule has 2 rings (SSSR count). The topological polar surface area (TPSA) is 44.5 Å². The average Bonchev–Trinajstić information content (AvgIpc) is 2.79. The Hall–Kier alpha value is -0.900. The van der Waals surface area contributed by atoms with Gasteiger partial charge in [-0.1, -0.05) is 24.3 Å². The molecule has 0 saturated carbocycles. The van der Waals surface area contributed by atoms with Gasteiger partial charge in [-0.2, -0.15) is 0 Å². The van der Waals surface area contributed by atoms with Gasteiger partial charge < -0.3 is 15.2 Å². The van der Waals surface area contributed by atoms with E-state index in [1.807, 2.05) is 0 Å². The second-order valence-electron chi connectivity index (χ2n) is 5.00. The summed E-state index contributed by atoms with van der Waals surface area (Å²) >= 11 is 0. The molecule has 0 bridgehead atoms. The number of rotatable bonds is 7. The highest BCUT2D eigenvalue weighted by Crippen LogP contribution is 2.40. The largest absolute Gasteiger partial charge is 0.382 e. The molecular formula is C15H23NO2. The molecule has 0 amide bonds. The van der Waals surface area contributed by atoms with Crippen LogP contribution >= 0.6 is 0 Å². The zero-order chi connectivity index (χ0) is 12.8. The van der Waals surface area contributed by atoms with Gasteiger partial charge in [0.05, 0.1) is 13.2 Å². The maximum Gasteiger partial charge on any atom is 0.0700 e. The van der Waals surface area contributed by atoms with Crippen molar-refractivity contribution in [2.45, 2.75) is 24.7 Å². The van der Waals surface area contributed by atoms with Crippen LogP contribution in [0.1, 0.15) is 24.0 Å². The van der Waals surface area contributed by atoms with Gasteiger partial charge in [-0.15, -0.1) is 0 Å². The van der Waals surface area contributed by atoms with Crippen LogP contribution in [0.5, 0.6) is 0 Å². The molecule has 1 unspecified atom stereocenters. The van der Waals surface area contributed by atoms with E-state index in [4.69, 9.17) is 15.2 Å². The molecule has 1 aliphatic rings. The van der Waals surface area contributed by atoms with Crippen molar-refractivity contribution in [3.05, 3.63) is 35.4 Å². The fourth-order valence-corrected chi connectivity index (χ4v) is 2.85. The van der Waals surface area contributed by atoms with Crippen LogP contribution in [0.4, 0.5) is 0 Å². The number of hydrogen-bond acceptors (Lipinski definition) is 3. The molecule has 1 aromatic rings. The zero-order valence-electron chi connectivity index (χ0n) is 11.2. The van der Waals surface area contributed by atoms with Crippen molar-refractivity contribution < 1.29 is 9.47 Å². The molecule has 0 aromatic heterocycles. The van der Waals surface area contributed by atoms with E-state index in [-0.39, 0.29) is 5.41 Å². The van der Waals surface area contributed by atoms with Gasteiger partial charge in [0, 0.05) is 25.7 Å². The molecule has 100 valence electrons. The summed E-state index contributed by atoms with van der Waals surface area (Å²) in [7, 11) is 1.69. The van der Waals surface area contributed by atoms with Crippen LogP contribution in [-0.4, -0.2) is 33.5 Å². The lowest BCUT2D eigenvalue weighted by Crippen LogP contribution is -2.34. The van der Waals surface area contributed by atoms with E-state index in [0.29, 0.717) is 19.8 Å². The number of fused-ring (bicyclic) bond motifs is 1. The number of aryl methyl sites for hydroxylation is 1. The van der Waals surface area contributed by atoms with Gasteiger partial charge in [0.15, 0.2) is 0 Å². The van der Waals surface area contributed by atoms with E-state index in [2.05, 4.69) is 24.3 Å².